The van der Waals surface area contributed by atoms with Crippen molar-refractivity contribution in [2.24, 2.45) is 5.73 Å². The van der Waals surface area contributed by atoms with Crippen LogP contribution in [0.4, 0.5) is 0 Å². The van der Waals surface area contributed by atoms with Gasteiger partial charge in [0, 0.05) is 4.90 Å². The second kappa shape index (κ2) is 6.81. The van der Waals surface area contributed by atoms with Crippen LogP contribution < -0.4 is 10.5 Å². The molecule has 2 N–H and O–H groups in total. The van der Waals surface area contributed by atoms with Crippen LogP contribution in [-0.4, -0.2) is 19.9 Å². The molecule has 0 aliphatic heterocycles. The maximum atomic E-state index is 5.51. The van der Waals surface area contributed by atoms with E-state index in [-0.39, 0.29) is 0 Å². The molecule has 0 aliphatic rings. The summed E-state index contributed by atoms with van der Waals surface area (Å²) < 4.78 is 5.42. The molecule has 0 radical (unpaired) electrons. The third-order valence-electron chi connectivity index (χ3n) is 2.70. The van der Waals surface area contributed by atoms with Crippen molar-refractivity contribution in [1.29, 1.82) is 0 Å². The van der Waals surface area contributed by atoms with Crippen LogP contribution in [0.25, 0.3) is 0 Å². The predicted molar refractivity (Wildman–Crippen MR) is 71.5 cm³/mol. The van der Waals surface area contributed by atoms with Crippen molar-refractivity contribution in [2.75, 3.05) is 19.9 Å². The van der Waals surface area contributed by atoms with Crippen molar-refractivity contribution in [3.8, 4) is 5.75 Å². The van der Waals surface area contributed by atoms with E-state index < -0.39 is 0 Å². The molecule has 0 atom stereocenters. The highest BCUT2D eigenvalue weighted by atomic mass is 32.2. The molecule has 3 heteroatoms. The van der Waals surface area contributed by atoms with Crippen LogP contribution in [0.15, 0.2) is 17.0 Å². The maximum absolute atomic E-state index is 5.51. The Kier molecular flexibility index (Phi) is 5.71. The summed E-state index contributed by atoms with van der Waals surface area (Å²) in [5, 5.41) is 0. The van der Waals surface area contributed by atoms with E-state index in [1.165, 1.54) is 16.0 Å². The van der Waals surface area contributed by atoms with Crippen LogP contribution in [0.2, 0.25) is 0 Å². The molecule has 90 valence electrons. The van der Waals surface area contributed by atoms with Gasteiger partial charge in [0.15, 0.2) is 0 Å². The number of ether oxygens (including phenoxy) is 1. The molecule has 0 bridgehead atoms. The molecular weight excluding hydrogens is 218 g/mol. The minimum atomic E-state index is 0.767. The van der Waals surface area contributed by atoms with E-state index in [9.17, 15) is 0 Å². The Balaban J connectivity index is 2.86. The molecule has 16 heavy (non-hydrogen) atoms. The van der Waals surface area contributed by atoms with Gasteiger partial charge in [-0.05, 0) is 62.2 Å². The van der Waals surface area contributed by atoms with Gasteiger partial charge in [0.25, 0.3) is 0 Å². The molecule has 0 spiro atoms. The fraction of sp³-hybridized carbons (Fsp3) is 0.538. The molecule has 1 aromatic rings. The number of thioether (sulfide) groups is 1. The van der Waals surface area contributed by atoms with Gasteiger partial charge in [-0.25, -0.2) is 0 Å². The largest absolute Gasteiger partial charge is 0.496 e. The van der Waals surface area contributed by atoms with Crippen molar-refractivity contribution in [1.82, 2.24) is 0 Å². The molecule has 0 aromatic heterocycles. The summed E-state index contributed by atoms with van der Waals surface area (Å²) in [7, 11) is 1.74. The highest BCUT2D eigenvalue weighted by molar-refractivity contribution is 7.98. The Morgan fingerprint density at radius 2 is 2.06 bits per heavy atom. The second-order valence-corrected chi connectivity index (χ2v) is 4.73. The Hall–Kier alpha value is -0.670. The number of nitrogens with two attached hydrogens (primary N) is 1. The first kappa shape index (κ1) is 13.4. The molecule has 0 unspecified atom stereocenters. The Morgan fingerprint density at radius 3 is 2.62 bits per heavy atom. The minimum Gasteiger partial charge on any atom is -0.496 e. The zero-order valence-electron chi connectivity index (χ0n) is 10.4. The van der Waals surface area contributed by atoms with Crippen molar-refractivity contribution in [3.05, 3.63) is 23.3 Å². The van der Waals surface area contributed by atoms with Crippen molar-refractivity contribution in [2.45, 2.75) is 31.1 Å². The van der Waals surface area contributed by atoms with Crippen LogP contribution in [0.5, 0.6) is 5.75 Å². The summed E-state index contributed by atoms with van der Waals surface area (Å²) in [6, 6.07) is 4.37. The van der Waals surface area contributed by atoms with Crippen molar-refractivity contribution in [3.63, 3.8) is 0 Å². The average Bonchev–Trinajstić information content (AvgIpc) is 2.30. The van der Waals surface area contributed by atoms with Crippen LogP contribution in [0, 0.1) is 6.92 Å². The highest BCUT2D eigenvalue weighted by Gasteiger charge is 2.07. The van der Waals surface area contributed by atoms with Gasteiger partial charge in [-0.1, -0.05) is 0 Å². The third-order valence-corrected chi connectivity index (χ3v) is 3.58. The number of unbranched alkanes of at least 4 members (excludes halogenated alkanes) is 1. The first-order valence-corrected chi connectivity index (χ1v) is 6.87. The molecule has 0 saturated carbocycles. The summed E-state index contributed by atoms with van der Waals surface area (Å²) >= 11 is 1.79. The Labute approximate surface area is 103 Å². The number of aryl methyl sites for hydroxylation is 2. The quantitative estimate of drug-likeness (QED) is 0.612. The normalized spacial score (nSPS) is 10.5. The molecule has 0 aliphatic carbocycles. The number of methoxy groups -OCH3 is 1. The Bertz CT molecular complexity index is 339. The zero-order chi connectivity index (χ0) is 12.0. The third kappa shape index (κ3) is 3.42. The molecule has 0 saturated heterocycles. The summed E-state index contributed by atoms with van der Waals surface area (Å²) in [6.07, 6.45) is 5.36. The van der Waals surface area contributed by atoms with Gasteiger partial charge in [-0.2, -0.15) is 0 Å². The van der Waals surface area contributed by atoms with Crippen LogP contribution in [0.1, 0.15) is 24.0 Å². The van der Waals surface area contributed by atoms with Gasteiger partial charge in [-0.15, -0.1) is 11.8 Å². The smallest absolute Gasteiger partial charge is 0.122 e. The standard InChI is InChI=1S/C13H21NOS/c1-10-8-12(15-2)11(6-4-5-7-14)9-13(10)16-3/h8-9H,4-7,14H2,1-3H3. The maximum Gasteiger partial charge on any atom is 0.122 e. The number of rotatable bonds is 6. The lowest BCUT2D eigenvalue weighted by Gasteiger charge is -2.12. The molecule has 0 heterocycles. The summed E-state index contributed by atoms with van der Waals surface area (Å²) in [5.74, 6) is 1.01. The first-order chi connectivity index (χ1) is 7.72. The van der Waals surface area contributed by atoms with E-state index in [1.54, 1.807) is 18.9 Å². The first-order valence-electron chi connectivity index (χ1n) is 5.64. The monoisotopic (exact) mass is 239 g/mol. The summed E-state index contributed by atoms with van der Waals surface area (Å²) in [6.45, 7) is 2.89. The molecular formula is C13H21NOS. The second-order valence-electron chi connectivity index (χ2n) is 3.88. The SMILES string of the molecule is COc1cc(C)c(SC)cc1CCCCN. The summed E-state index contributed by atoms with van der Waals surface area (Å²) in [5.41, 5.74) is 8.09. The lowest BCUT2D eigenvalue weighted by atomic mass is 10.0. The number of hydrogen-bond acceptors (Lipinski definition) is 3. The predicted octanol–water partition coefficient (Wildman–Crippen LogP) is 3.01. The molecule has 1 rings (SSSR count). The average molecular weight is 239 g/mol. The van der Waals surface area contributed by atoms with E-state index in [0.717, 1.165) is 31.6 Å². The van der Waals surface area contributed by atoms with Crippen LogP contribution in [-0.2, 0) is 6.42 Å². The van der Waals surface area contributed by atoms with Gasteiger partial charge in [0.2, 0.25) is 0 Å². The lowest BCUT2D eigenvalue weighted by molar-refractivity contribution is 0.408. The van der Waals surface area contributed by atoms with Gasteiger partial charge in [0.1, 0.15) is 5.75 Å². The number of hydrogen-bond donors (Lipinski definition) is 1. The van der Waals surface area contributed by atoms with Crippen molar-refractivity contribution >= 4 is 11.8 Å². The van der Waals surface area contributed by atoms with Gasteiger partial charge < -0.3 is 10.5 Å². The van der Waals surface area contributed by atoms with Crippen molar-refractivity contribution < 1.29 is 4.74 Å². The minimum absolute atomic E-state index is 0.767. The van der Waals surface area contributed by atoms with Gasteiger partial charge in [0.05, 0.1) is 7.11 Å². The number of benzene rings is 1. The van der Waals surface area contributed by atoms with E-state index >= 15 is 0 Å². The summed E-state index contributed by atoms with van der Waals surface area (Å²) in [4.78, 5) is 1.34. The van der Waals surface area contributed by atoms with E-state index in [2.05, 4.69) is 25.3 Å². The van der Waals surface area contributed by atoms with Gasteiger partial charge >= 0.3 is 0 Å². The molecule has 2 nitrogen and oxygen atoms in total. The van der Waals surface area contributed by atoms with E-state index in [4.69, 9.17) is 10.5 Å². The molecule has 0 fully saturated rings. The molecule has 1 aromatic carbocycles. The van der Waals surface area contributed by atoms with E-state index in [1.807, 2.05) is 0 Å². The Morgan fingerprint density at radius 1 is 1.31 bits per heavy atom. The molecule has 0 amide bonds. The van der Waals surface area contributed by atoms with Crippen LogP contribution >= 0.6 is 11.8 Å². The fourth-order valence-electron chi connectivity index (χ4n) is 1.77. The highest BCUT2D eigenvalue weighted by Crippen LogP contribution is 2.29. The van der Waals surface area contributed by atoms with Crippen LogP contribution in [0.3, 0.4) is 0 Å². The topological polar surface area (TPSA) is 35.2 Å². The van der Waals surface area contributed by atoms with E-state index in [0.29, 0.717) is 0 Å². The fourth-order valence-corrected chi connectivity index (χ4v) is 2.41. The van der Waals surface area contributed by atoms with Gasteiger partial charge in [-0.3, -0.25) is 0 Å². The lowest BCUT2D eigenvalue weighted by Crippen LogP contribution is -2.00. The zero-order valence-corrected chi connectivity index (χ0v) is 11.2.